The number of hydrogen-bond donors (Lipinski definition) is 2. The predicted molar refractivity (Wildman–Crippen MR) is 74.0 cm³/mol. The number of hydrogen-bond acceptors (Lipinski definition) is 3. The van der Waals surface area contributed by atoms with Crippen LogP contribution in [-0.4, -0.2) is 48.1 Å². The Balaban J connectivity index is 2.33. The summed E-state index contributed by atoms with van der Waals surface area (Å²) in [7, 11) is 0. The maximum absolute atomic E-state index is 11.7. The van der Waals surface area contributed by atoms with Crippen molar-refractivity contribution in [3.05, 3.63) is 0 Å². The number of piperidine rings is 1. The average Bonchev–Trinajstić information content (AvgIpc) is 2.40. The fraction of sp³-hybridized carbons (Fsp3) is 0.857. The van der Waals surface area contributed by atoms with Gasteiger partial charge in [0.2, 0.25) is 5.91 Å². The van der Waals surface area contributed by atoms with Crippen LogP contribution in [0.1, 0.15) is 46.0 Å². The summed E-state index contributed by atoms with van der Waals surface area (Å²) in [6.07, 6.45) is 4.02. The number of aliphatic carboxylic acids is 1. The maximum atomic E-state index is 11.7. The van der Waals surface area contributed by atoms with E-state index in [9.17, 15) is 14.7 Å². The highest BCUT2D eigenvalue weighted by atomic mass is 16.4. The number of rotatable bonds is 7. The van der Waals surface area contributed by atoms with Gasteiger partial charge in [0, 0.05) is 6.54 Å². The molecule has 1 heterocycles. The molecule has 0 atom stereocenters. The van der Waals surface area contributed by atoms with Gasteiger partial charge in [-0.25, -0.2) is 0 Å². The molecule has 0 aromatic rings. The lowest BCUT2D eigenvalue weighted by Gasteiger charge is -2.37. The molecule has 0 saturated carbocycles. The molecule has 1 amide bonds. The van der Waals surface area contributed by atoms with Crippen molar-refractivity contribution in [3.63, 3.8) is 0 Å². The van der Waals surface area contributed by atoms with Crippen LogP contribution in [0.25, 0.3) is 0 Å². The Morgan fingerprint density at radius 1 is 1.26 bits per heavy atom. The largest absolute Gasteiger partial charge is 0.481 e. The first-order valence-corrected chi connectivity index (χ1v) is 7.26. The zero-order valence-electron chi connectivity index (χ0n) is 12.1. The van der Waals surface area contributed by atoms with Crippen molar-refractivity contribution in [3.8, 4) is 0 Å². The Hall–Kier alpha value is -1.10. The lowest BCUT2D eigenvalue weighted by molar-refractivity contribution is -0.152. The van der Waals surface area contributed by atoms with Gasteiger partial charge in [0.15, 0.2) is 0 Å². The summed E-state index contributed by atoms with van der Waals surface area (Å²) < 4.78 is 0. The fourth-order valence-electron chi connectivity index (χ4n) is 2.52. The highest BCUT2D eigenvalue weighted by Crippen LogP contribution is 2.34. The summed E-state index contributed by atoms with van der Waals surface area (Å²) in [5.41, 5.74) is -0.574. The van der Waals surface area contributed by atoms with Crippen LogP contribution in [0.5, 0.6) is 0 Å². The van der Waals surface area contributed by atoms with E-state index in [0.717, 1.165) is 19.4 Å². The first kappa shape index (κ1) is 16.0. The van der Waals surface area contributed by atoms with E-state index in [2.05, 4.69) is 17.1 Å². The summed E-state index contributed by atoms with van der Waals surface area (Å²) in [5, 5.41) is 12.2. The maximum Gasteiger partial charge on any atom is 0.309 e. The zero-order chi connectivity index (χ0) is 14.3. The number of amides is 1. The summed E-state index contributed by atoms with van der Waals surface area (Å²) in [4.78, 5) is 25.0. The molecule has 1 fully saturated rings. The number of unbranched alkanes of at least 4 members (excludes halogenated alkanes) is 1. The summed E-state index contributed by atoms with van der Waals surface area (Å²) in [6.45, 7) is 6.54. The Bertz CT molecular complexity index is 310. The molecule has 5 nitrogen and oxygen atoms in total. The van der Waals surface area contributed by atoms with Crippen LogP contribution in [0.4, 0.5) is 0 Å². The molecular weight excluding hydrogens is 244 g/mol. The fourth-order valence-corrected chi connectivity index (χ4v) is 2.52. The van der Waals surface area contributed by atoms with Gasteiger partial charge in [-0.15, -0.1) is 0 Å². The number of carboxylic acids is 1. The van der Waals surface area contributed by atoms with E-state index in [4.69, 9.17) is 0 Å². The van der Waals surface area contributed by atoms with Gasteiger partial charge in [0.1, 0.15) is 0 Å². The molecule has 1 saturated heterocycles. The minimum Gasteiger partial charge on any atom is -0.481 e. The van der Waals surface area contributed by atoms with Gasteiger partial charge in [-0.2, -0.15) is 0 Å². The van der Waals surface area contributed by atoms with Gasteiger partial charge < -0.3 is 10.4 Å². The second-order valence-corrected chi connectivity index (χ2v) is 5.42. The van der Waals surface area contributed by atoms with Crippen LogP contribution in [0.15, 0.2) is 0 Å². The van der Waals surface area contributed by atoms with Gasteiger partial charge in [0.05, 0.1) is 12.0 Å². The molecule has 0 aromatic heterocycles. The van der Waals surface area contributed by atoms with Crippen LogP contribution in [0, 0.1) is 5.41 Å². The number of carbonyl (C=O) groups is 2. The monoisotopic (exact) mass is 270 g/mol. The number of carboxylic acid groups (broad SMARTS) is 1. The first-order valence-electron chi connectivity index (χ1n) is 7.26. The Morgan fingerprint density at radius 2 is 1.89 bits per heavy atom. The van der Waals surface area contributed by atoms with Crippen LogP contribution < -0.4 is 5.32 Å². The smallest absolute Gasteiger partial charge is 0.309 e. The third-order valence-corrected chi connectivity index (χ3v) is 4.16. The molecule has 1 rings (SSSR count). The van der Waals surface area contributed by atoms with Crippen LogP contribution in [0.3, 0.4) is 0 Å². The van der Waals surface area contributed by atoms with Crippen molar-refractivity contribution in [1.82, 2.24) is 10.2 Å². The predicted octanol–water partition coefficient (Wildman–Crippen LogP) is 1.48. The minimum atomic E-state index is -0.693. The average molecular weight is 270 g/mol. The molecule has 19 heavy (non-hydrogen) atoms. The summed E-state index contributed by atoms with van der Waals surface area (Å²) >= 11 is 0. The Kier molecular flexibility index (Phi) is 6.28. The second kappa shape index (κ2) is 7.48. The van der Waals surface area contributed by atoms with Crippen LogP contribution in [0.2, 0.25) is 0 Å². The lowest BCUT2D eigenvalue weighted by atomic mass is 9.76. The quantitative estimate of drug-likeness (QED) is 0.688. The van der Waals surface area contributed by atoms with E-state index in [1.807, 2.05) is 6.92 Å². The van der Waals surface area contributed by atoms with Crippen molar-refractivity contribution in [1.29, 1.82) is 0 Å². The van der Waals surface area contributed by atoms with E-state index in [-0.39, 0.29) is 5.91 Å². The van der Waals surface area contributed by atoms with Crippen molar-refractivity contribution >= 4 is 11.9 Å². The normalized spacial score (nSPS) is 19.1. The second-order valence-electron chi connectivity index (χ2n) is 5.42. The van der Waals surface area contributed by atoms with E-state index in [0.29, 0.717) is 38.9 Å². The highest BCUT2D eigenvalue weighted by Gasteiger charge is 2.39. The zero-order valence-corrected chi connectivity index (χ0v) is 12.1. The molecule has 0 unspecified atom stereocenters. The molecule has 0 spiro atoms. The van der Waals surface area contributed by atoms with Crippen molar-refractivity contribution in [2.24, 2.45) is 5.41 Å². The van der Waals surface area contributed by atoms with E-state index in [1.165, 1.54) is 0 Å². The first-order chi connectivity index (χ1) is 9.04. The molecule has 5 heteroatoms. The standard InChI is InChI=1S/C14H26N2O3/c1-3-5-8-15-12(17)11-16-9-6-14(4-2,7-10-16)13(18)19/h3-11H2,1-2H3,(H,15,17)(H,18,19). The number of carbonyl (C=O) groups excluding carboxylic acids is 1. The van der Waals surface area contributed by atoms with E-state index >= 15 is 0 Å². The third kappa shape index (κ3) is 4.49. The molecule has 0 bridgehead atoms. The lowest BCUT2D eigenvalue weighted by Crippen LogP contribution is -2.47. The number of likely N-dealkylation sites (tertiary alicyclic amines) is 1. The third-order valence-electron chi connectivity index (χ3n) is 4.16. The molecule has 110 valence electrons. The van der Waals surface area contributed by atoms with Gasteiger partial charge in [-0.3, -0.25) is 14.5 Å². The molecule has 2 N–H and O–H groups in total. The molecule has 1 aliphatic rings. The van der Waals surface area contributed by atoms with Gasteiger partial charge in [0.25, 0.3) is 0 Å². The molecule has 0 aliphatic carbocycles. The van der Waals surface area contributed by atoms with E-state index < -0.39 is 11.4 Å². The SMILES string of the molecule is CCCCNC(=O)CN1CCC(CC)(C(=O)O)CC1. The van der Waals surface area contributed by atoms with Gasteiger partial charge in [-0.1, -0.05) is 20.3 Å². The number of nitrogens with zero attached hydrogens (tertiary/aromatic N) is 1. The molecular formula is C14H26N2O3. The van der Waals surface area contributed by atoms with Crippen LogP contribution >= 0.6 is 0 Å². The topological polar surface area (TPSA) is 69.6 Å². The highest BCUT2D eigenvalue weighted by molar-refractivity contribution is 5.78. The van der Waals surface area contributed by atoms with Gasteiger partial charge >= 0.3 is 5.97 Å². The van der Waals surface area contributed by atoms with Crippen molar-refractivity contribution in [2.45, 2.75) is 46.0 Å². The Morgan fingerprint density at radius 3 is 2.37 bits per heavy atom. The van der Waals surface area contributed by atoms with Crippen molar-refractivity contribution in [2.75, 3.05) is 26.2 Å². The van der Waals surface area contributed by atoms with Gasteiger partial charge in [-0.05, 0) is 38.8 Å². The molecule has 0 aromatic carbocycles. The molecule has 0 radical (unpaired) electrons. The van der Waals surface area contributed by atoms with Crippen LogP contribution in [-0.2, 0) is 9.59 Å². The van der Waals surface area contributed by atoms with Crippen molar-refractivity contribution < 1.29 is 14.7 Å². The summed E-state index contributed by atoms with van der Waals surface area (Å²) in [5.74, 6) is -0.644. The van der Waals surface area contributed by atoms with E-state index in [1.54, 1.807) is 0 Å². The minimum absolute atomic E-state index is 0.0489. The number of nitrogens with one attached hydrogen (secondary N) is 1. The summed E-state index contributed by atoms with van der Waals surface area (Å²) in [6, 6.07) is 0. The molecule has 1 aliphatic heterocycles. The Labute approximate surface area is 115 Å².